The summed E-state index contributed by atoms with van der Waals surface area (Å²) in [6, 6.07) is 19.1. The summed E-state index contributed by atoms with van der Waals surface area (Å²) in [6.45, 7) is 13.3. The topological polar surface area (TPSA) is 54.0 Å². The molecule has 1 atom stereocenters. The summed E-state index contributed by atoms with van der Waals surface area (Å²) in [5, 5.41) is 0.0819. The van der Waals surface area contributed by atoms with Crippen LogP contribution in [-0.4, -0.2) is 21.0 Å². The molecule has 0 unspecified atom stereocenters. The van der Waals surface area contributed by atoms with Crippen LogP contribution >= 0.6 is 7.82 Å². The Morgan fingerprint density at radius 2 is 1.27 bits per heavy atom. The van der Waals surface area contributed by atoms with Gasteiger partial charge in [-0.3, -0.25) is 13.6 Å². The highest BCUT2D eigenvalue weighted by molar-refractivity contribution is 7.48. The van der Waals surface area contributed by atoms with Gasteiger partial charge >= 0.3 is 7.82 Å². The second kappa shape index (κ2) is 10.8. The SMILES string of the molecule is C[C@H](COP(=O)(OCc1ccccc1)OCc1ccccc1)O[Si](C)(C)C(C)(C)C. The van der Waals surface area contributed by atoms with Crippen molar-refractivity contribution in [3.63, 3.8) is 0 Å². The lowest BCUT2D eigenvalue weighted by atomic mass is 10.2. The Balaban J connectivity index is 2.01. The van der Waals surface area contributed by atoms with Crippen molar-refractivity contribution in [2.75, 3.05) is 6.61 Å². The summed E-state index contributed by atoms with van der Waals surface area (Å²) in [5.41, 5.74) is 1.80. The van der Waals surface area contributed by atoms with Gasteiger partial charge in [0.15, 0.2) is 8.32 Å². The smallest absolute Gasteiger partial charge is 0.412 e. The number of phosphoric acid groups is 1. The summed E-state index contributed by atoms with van der Waals surface area (Å²) in [5.74, 6) is 0. The van der Waals surface area contributed by atoms with Crippen LogP contribution in [0.2, 0.25) is 18.1 Å². The number of phosphoric ester groups is 1. The van der Waals surface area contributed by atoms with Crippen LogP contribution in [0.3, 0.4) is 0 Å². The molecule has 0 spiro atoms. The molecule has 0 saturated heterocycles. The quantitative estimate of drug-likeness (QED) is 0.274. The fraction of sp³-hybridized carbons (Fsp3) is 0.478. The zero-order valence-electron chi connectivity index (χ0n) is 19.0. The maximum atomic E-state index is 13.3. The molecule has 0 N–H and O–H groups in total. The third-order valence-corrected chi connectivity index (χ3v) is 11.2. The molecule has 2 aromatic rings. The van der Waals surface area contributed by atoms with E-state index in [1.54, 1.807) is 0 Å². The van der Waals surface area contributed by atoms with Crippen LogP contribution in [0, 0.1) is 0 Å². The Hall–Kier alpha value is -1.27. The minimum absolute atomic E-state index is 0.0819. The van der Waals surface area contributed by atoms with Gasteiger partial charge in [-0.1, -0.05) is 81.4 Å². The van der Waals surface area contributed by atoms with Gasteiger partial charge < -0.3 is 4.43 Å². The first kappa shape index (κ1) is 25.0. The van der Waals surface area contributed by atoms with E-state index in [-0.39, 0.29) is 31.0 Å². The van der Waals surface area contributed by atoms with Gasteiger partial charge in [-0.25, -0.2) is 4.57 Å². The second-order valence-electron chi connectivity index (χ2n) is 8.95. The molecule has 0 fully saturated rings. The predicted octanol–water partition coefficient (Wildman–Crippen LogP) is 6.96. The lowest BCUT2D eigenvalue weighted by Gasteiger charge is -2.38. The van der Waals surface area contributed by atoms with Crippen molar-refractivity contribution in [1.82, 2.24) is 0 Å². The highest BCUT2D eigenvalue weighted by atomic mass is 31.2. The van der Waals surface area contributed by atoms with Crippen LogP contribution in [-0.2, 0) is 35.8 Å². The first-order valence-corrected chi connectivity index (χ1v) is 14.7. The molecule has 0 aliphatic rings. The first-order chi connectivity index (χ1) is 14.0. The van der Waals surface area contributed by atoms with E-state index >= 15 is 0 Å². The highest BCUT2D eigenvalue weighted by Crippen LogP contribution is 2.51. The van der Waals surface area contributed by atoms with E-state index in [1.165, 1.54) is 0 Å². The Labute approximate surface area is 182 Å². The van der Waals surface area contributed by atoms with Crippen LogP contribution in [0.4, 0.5) is 0 Å². The second-order valence-corrected chi connectivity index (χ2v) is 15.4. The molecule has 0 amide bonds. The fourth-order valence-electron chi connectivity index (χ4n) is 2.48. The maximum absolute atomic E-state index is 13.3. The highest BCUT2D eigenvalue weighted by Gasteiger charge is 2.39. The van der Waals surface area contributed by atoms with E-state index in [9.17, 15) is 4.57 Å². The van der Waals surface area contributed by atoms with Gasteiger partial charge in [0.25, 0.3) is 0 Å². The van der Waals surface area contributed by atoms with Gasteiger partial charge in [0.05, 0.1) is 25.9 Å². The Kier molecular flexibility index (Phi) is 9.04. The molecular weight excluding hydrogens is 415 g/mol. The third-order valence-electron chi connectivity index (χ3n) is 5.23. The van der Waals surface area contributed by atoms with Crippen LogP contribution in [0.1, 0.15) is 38.8 Å². The monoisotopic (exact) mass is 450 g/mol. The van der Waals surface area contributed by atoms with Crippen molar-refractivity contribution in [3.8, 4) is 0 Å². The third kappa shape index (κ3) is 8.10. The van der Waals surface area contributed by atoms with E-state index in [0.29, 0.717) is 0 Å². The maximum Gasteiger partial charge on any atom is 0.475 e. The molecule has 0 saturated carbocycles. The molecular formula is C23H35O5PSi. The first-order valence-electron chi connectivity index (χ1n) is 10.3. The standard InChI is InChI=1S/C23H35O5PSi/c1-20(28-30(5,6)23(2,3)4)17-25-29(24,26-18-21-13-9-7-10-14-21)27-19-22-15-11-8-12-16-22/h7-16,20H,17-19H2,1-6H3/t20-/m1/s1. The van der Waals surface area contributed by atoms with Crippen molar-refractivity contribution < 1.29 is 22.6 Å². The zero-order chi connectivity index (χ0) is 22.3. The number of hydrogen-bond donors (Lipinski definition) is 0. The van der Waals surface area contributed by atoms with Crippen molar-refractivity contribution in [2.45, 2.75) is 65.1 Å². The minimum Gasteiger partial charge on any atom is -0.412 e. The van der Waals surface area contributed by atoms with E-state index in [4.69, 9.17) is 18.0 Å². The van der Waals surface area contributed by atoms with Gasteiger partial charge in [-0.05, 0) is 36.2 Å². The van der Waals surface area contributed by atoms with E-state index in [0.717, 1.165) is 11.1 Å². The van der Waals surface area contributed by atoms with Crippen molar-refractivity contribution in [1.29, 1.82) is 0 Å². The van der Waals surface area contributed by atoms with Gasteiger partial charge in [0.2, 0.25) is 0 Å². The number of rotatable bonds is 11. The van der Waals surface area contributed by atoms with Crippen molar-refractivity contribution in [3.05, 3.63) is 71.8 Å². The van der Waals surface area contributed by atoms with Crippen LogP contribution < -0.4 is 0 Å². The van der Waals surface area contributed by atoms with Crippen LogP contribution in [0.15, 0.2) is 60.7 Å². The molecule has 166 valence electrons. The normalized spacial score (nSPS) is 13.9. The Morgan fingerprint density at radius 3 is 1.67 bits per heavy atom. The summed E-state index contributed by atoms with van der Waals surface area (Å²) in [4.78, 5) is 0. The van der Waals surface area contributed by atoms with Gasteiger partial charge in [0.1, 0.15) is 0 Å². The molecule has 2 aromatic carbocycles. The van der Waals surface area contributed by atoms with Crippen molar-refractivity contribution in [2.24, 2.45) is 0 Å². The molecule has 30 heavy (non-hydrogen) atoms. The average molecular weight is 451 g/mol. The molecule has 0 radical (unpaired) electrons. The van der Waals surface area contributed by atoms with Crippen LogP contribution in [0.5, 0.6) is 0 Å². The van der Waals surface area contributed by atoms with Crippen LogP contribution in [0.25, 0.3) is 0 Å². The summed E-state index contributed by atoms with van der Waals surface area (Å²) >= 11 is 0. The Bertz CT molecular complexity index is 758. The molecule has 5 nitrogen and oxygen atoms in total. The summed E-state index contributed by atoms with van der Waals surface area (Å²) < 4.78 is 36.6. The van der Waals surface area contributed by atoms with Gasteiger partial charge in [0, 0.05) is 0 Å². The largest absolute Gasteiger partial charge is 0.475 e. The number of benzene rings is 2. The lowest BCUT2D eigenvalue weighted by molar-refractivity contribution is 0.0650. The molecule has 7 heteroatoms. The molecule has 0 aliphatic heterocycles. The summed E-state index contributed by atoms with van der Waals surface area (Å²) in [7, 11) is -5.73. The summed E-state index contributed by atoms with van der Waals surface area (Å²) in [6.07, 6.45) is -0.222. The van der Waals surface area contributed by atoms with Gasteiger partial charge in [-0.2, -0.15) is 0 Å². The van der Waals surface area contributed by atoms with E-state index < -0.39 is 16.1 Å². The molecule has 0 aromatic heterocycles. The molecule has 0 aliphatic carbocycles. The predicted molar refractivity (Wildman–Crippen MR) is 124 cm³/mol. The van der Waals surface area contributed by atoms with Gasteiger partial charge in [-0.15, -0.1) is 0 Å². The fourth-order valence-corrected chi connectivity index (χ4v) is 5.14. The lowest BCUT2D eigenvalue weighted by Crippen LogP contribution is -2.44. The average Bonchev–Trinajstić information content (AvgIpc) is 2.70. The van der Waals surface area contributed by atoms with Crippen molar-refractivity contribution >= 4 is 16.1 Å². The Morgan fingerprint density at radius 1 is 0.833 bits per heavy atom. The van der Waals surface area contributed by atoms with E-state index in [1.807, 2.05) is 67.6 Å². The minimum atomic E-state index is -3.77. The zero-order valence-corrected chi connectivity index (χ0v) is 20.9. The van der Waals surface area contributed by atoms with E-state index in [2.05, 4.69) is 33.9 Å². The number of hydrogen-bond acceptors (Lipinski definition) is 5. The molecule has 0 bridgehead atoms. The molecule has 2 rings (SSSR count). The molecule has 0 heterocycles.